The van der Waals surface area contributed by atoms with Crippen LogP contribution in [-0.2, 0) is 0 Å². The molecule has 0 radical (unpaired) electrons. The molecule has 0 heterocycles. The van der Waals surface area contributed by atoms with Gasteiger partial charge < -0.3 is 10.2 Å². The third kappa shape index (κ3) is 12.3. The second-order valence-corrected chi connectivity index (χ2v) is 5.15. The summed E-state index contributed by atoms with van der Waals surface area (Å²) in [4.78, 5) is 0. The molecule has 2 aromatic carbocycles. The SMILES string of the molecule is C#N.CCC.N#Cc1ccc(C(O)=S)cc1.OC(=S)c1ccccc1. The Morgan fingerprint density at radius 1 is 0.880 bits per heavy atom. The molecule has 0 amide bonds. The molecule has 0 fully saturated rings. The zero-order valence-electron chi connectivity index (χ0n) is 14.1. The van der Waals surface area contributed by atoms with Crippen molar-refractivity contribution in [3.05, 3.63) is 71.3 Å². The van der Waals surface area contributed by atoms with Gasteiger partial charge in [-0.15, -0.1) is 0 Å². The van der Waals surface area contributed by atoms with Crippen LogP contribution in [0.2, 0.25) is 0 Å². The van der Waals surface area contributed by atoms with Crippen LogP contribution < -0.4 is 0 Å². The van der Waals surface area contributed by atoms with Gasteiger partial charge in [-0.05, 0) is 48.7 Å². The fourth-order valence-corrected chi connectivity index (χ4v) is 1.54. The third-order valence-corrected chi connectivity index (χ3v) is 2.75. The van der Waals surface area contributed by atoms with Gasteiger partial charge in [-0.1, -0.05) is 50.6 Å². The topological polar surface area (TPSA) is 88.0 Å². The molecule has 0 aliphatic heterocycles. The molecule has 2 aromatic rings. The van der Waals surface area contributed by atoms with Crippen molar-refractivity contribution in [2.75, 3.05) is 0 Å². The second kappa shape index (κ2) is 16.1. The van der Waals surface area contributed by atoms with E-state index in [1.54, 1.807) is 36.4 Å². The molecule has 2 rings (SSSR count). The summed E-state index contributed by atoms with van der Waals surface area (Å²) >= 11 is 9.03. The van der Waals surface area contributed by atoms with Gasteiger partial charge in [-0.25, -0.2) is 5.26 Å². The molecule has 0 spiro atoms. The van der Waals surface area contributed by atoms with Gasteiger partial charge in [0.25, 0.3) is 0 Å². The standard InChI is InChI=1S/C8H5NOS.C7H6OS.C3H8.CHN/c9-5-6-1-3-7(4-2-6)8(10)11;8-7(9)6-4-2-1-3-5-6;1-3-2;1-2/h1-4H,(H,10,11);1-5H,(H,8,9);3H2,1-2H3;1H. The number of benzene rings is 2. The van der Waals surface area contributed by atoms with Crippen molar-refractivity contribution in [3.63, 3.8) is 0 Å². The predicted molar refractivity (Wildman–Crippen MR) is 109 cm³/mol. The number of rotatable bonds is 2. The highest BCUT2D eigenvalue weighted by Crippen LogP contribution is 2.03. The van der Waals surface area contributed by atoms with Crippen molar-refractivity contribution in [2.24, 2.45) is 0 Å². The predicted octanol–water partition coefficient (Wildman–Crippen LogP) is 5.27. The van der Waals surface area contributed by atoms with E-state index in [4.69, 9.17) is 20.7 Å². The van der Waals surface area contributed by atoms with E-state index in [2.05, 4.69) is 44.9 Å². The van der Waals surface area contributed by atoms with Crippen LogP contribution in [0.15, 0.2) is 54.6 Å². The number of thiocarbonyl (C=S) groups is 2. The van der Waals surface area contributed by atoms with Gasteiger partial charge in [0.1, 0.15) is 0 Å². The lowest BCUT2D eigenvalue weighted by Crippen LogP contribution is -1.92. The lowest BCUT2D eigenvalue weighted by Gasteiger charge is -1.94. The average Bonchev–Trinajstić information content (AvgIpc) is 2.65. The van der Waals surface area contributed by atoms with Crippen LogP contribution in [0.25, 0.3) is 0 Å². The Morgan fingerprint density at radius 2 is 1.24 bits per heavy atom. The molecule has 6 heteroatoms. The van der Waals surface area contributed by atoms with E-state index in [9.17, 15) is 0 Å². The maximum atomic E-state index is 8.84. The van der Waals surface area contributed by atoms with Gasteiger partial charge in [-0.2, -0.15) is 5.26 Å². The summed E-state index contributed by atoms with van der Waals surface area (Å²) in [7, 11) is 0. The number of hydrogen-bond donors (Lipinski definition) is 2. The number of aliphatic hydroxyl groups is 2. The van der Waals surface area contributed by atoms with E-state index >= 15 is 0 Å². The molecule has 4 nitrogen and oxygen atoms in total. The van der Waals surface area contributed by atoms with Crippen LogP contribution in [0.1, 0.15) is 37.0 Å². The largest absolute Gasteiger partial charge is 0.499 e. The quantitative estimate of drug-likeness (QED) is 0.698. The molecule has 0 atom stereocenters. The van der Waals surface area contributed by atoms with Crippen molar-refractivity contribution in [3.8, 4) is 12.6 Å². The number of nitrogens with zero attached hydrogens (tertiary/aromatic N) is 2. The maximum Gasteiger partial charge on any atom is 0.188 e. The van der Waals surface area contributed by atoms with Crippen molar-refractivity contribution in [2.45, 2.75) is 20.3 Å². The number of aliphatic hydroxyl groups excluding tert-OH is 2. The summed E-state index contributed by atoms with van der Waals surface area (Å²) in [5.74, 6) is 0. The minimum Gasteiger partial charge on any atom is -0.499 e. The first-order valence-corrected chi connectivity index (χ1v) is 8.05. The van der Waals surface area contributed by atoms with E-state index in [0.717, 1.165) is 0 Å². The van der Waals surface area contributed by atoms with Gasteiger partial charge in [-0.3, -0.25) is 0 Å². The van der Waals surface area contributed by atoms with Crippen molar-refractivity contribution in [1.82, 2.24) is 0 Å². The summed E-state index contributed by atoms with van der Waals surface area (Å²) in [5.41, 5.74) is 1.83. The normalized spacial score (nSPS) is 7.80. The third-order valence-electron chi connectivity index (χ3n) is 2.28. The molecule has 0 saturated carbocycles. The first-order valence-electron chi connectivity index (χ1n) is 7.23. The van der Waals surface area contributed by atoms with E-state index in [-0.39, 0.29) is 10.1 Å². The van der Waals surface area contributed by atoms with Crippen LogP contribution in [0.5, 0.6) is 0 Å². The molecule has 0 saturated heterocycles. The molecule has 0 aliphatic carbocycles. The molecule has 25 heavy (non-hydrogen) atoms. The molecule has 0 bridgehead atoms. The minimum absolute atomic E-state index is 0.0457. The Labute approximate surface area is 159 Å². The molecule has 0 aliphatic rings. The Kier molecular flexibility index (Phi) is 15.7. The van der Waals surface area contributed by atoms with Crippen LogP contribution in [0.4, 0.5) is 0 Å². The summed E-state index contributed by atoms with van der Waals surface area (Å²) in [6, 6.07) is 17.5. The highest BCUT2D eigenvalue weighted by Gasteiger charge is 1.96. The second-order valence-electron chi connectivity index (χ2n) is 4.37. The van der Waals surface area contributed by atoms with Gasteiger partial charge in [0.15, 0.2) is 10.1 Å². The smallest absolute Gasteiger partial charge is 0.188 e. The molecule has 2 N–H and O–H groups in total. The molecule has 0 aromatic heterocycles. The highest BCUT2D eigenvalue weighted by molar-refractivity contribution is 7.80. The number of hydrogen-bond acceptors (Lipinski definition) is 4. The average molecular weight is 373 g/mol. The maximum absolute atomic E-state index is 8.84. The van der Waals surface area contributed by atoms with Gasteiger partial charge in [0.05, 0.1) is 11.6 Å². The Morgan fingerprint density at radius 3 is 1.52 bits per heavy atom. The van der Waals surface area contributed by atoms with E-state index < -0.39 is 0 Å². The summed E-state index contributed by atoms with van der Waals surface area (Å²) < 4.78 is 0. The first kappa shape index (κ1) is 24.5. The molecular weight excluding hydrogens is 352 g/mol. The Bertz CT molecular complexity index is 691. The summed E-state index contributed by atoms with van der Waals surface area (Å²) in [6.07, 6.45) is 1.25. The van der Waals surface area contributed by atoms with Crippen LogP contribution >= 0.6 is 24.4 Å². The fraction of sp³-hybridized carbons (Fsp3) is 0.158. The van der Waals surface area contributed by atoms with Crippen molar-refractivity contribution < 1.29 is 10.2 Å². The van der Waals surface area contributed by atoms with Gasteiger partial charge in [0, 0.05) is 17.7 Å². The lowest BCUT2D eigenvalue weighted by atomic mass is 10.2. The fourth-order valence-electron chi connectivity index (χ4n) is 1.27. The molecular formula is C19H20N2O2S2. The van der Waals surface area contributed by atoms with E-state index in [1.807, 2.05) is 24.3 Å². The van der Waals surface area contributed by atoms with Crippen LogP contribution in [0, 0.1) is 23.2 Å². The zero-order chi connectivity index (χ0) is 19.7. The summed E-state index contributed by atoms with van der Waals surface area (Å²) in [5, 5.41) is 32.3. The van der Waals surface area contributed by atoms with E-state index in [1.165, 1.54) is 6.42 Å². The lowest BCUT2D eigenvalue weighted by molar-refractivity contribution is 0.570. The Hall–Kier alpha value is -2.80. The van der Waals surface area contributed by atoms with Crippen molar-refractivity contribution >= 4 is 34.5 Å². The van der Waals surface area contributed by atoms with Gasteiger partial charge in [0.2, 0.25) is 0 Å². The molecule has 0 unspecified atom stereocenters. The summed E-state index contributed by atoms with van der Waals surface area (Å²) in [6.45, 7) is 7.75. The minimum atomic E-state index is -0.144. The van der Waals surface area contributed by atoms with Crippen LogP contribution in [0.3, 0.4) is 0 Å². The van der Waals surface area contributed by atoms with E-state index in [0.29, 0.717) is 16.7 Å². The highest BCUT2D eigenvalue weighted by atomic mass is 32.1. The first-order chi connectivity index (χ1) is 12.0. The number of nitriles is 2. The van der Waals surface area contributed by atoms with Gasteiger partial charge >= 0.3 is 0 Å². The molecule has 130 valence electrons. The Balaban J connectivity index is 0. The van der Waals surface area contributed by atoms with Crippen LogP contribution in [-0.4, -0.2) is 20.3 Å². The van der Waals surface area contributed by atoms with Crippen molar-refractivity contribution in [1.29, 1.82) is 10.5 Å². The monoisotopic (exact) mass is 372 g/mol. The zero-order valence-corrected chi connectivity index (χ0v) is 15.7.